The lowest BCUT2D eigenvalue weighted by Crippen LogP contribution is -2.48. The molecule has 0 amide bonds. The van der Waals surface area contributed by atoms with Crippen LogP contribution in [0.1, 0.15) is 6.42 Å². The molecule has 1 fully saturated rings. The van der Waals surface area contributed by atoms with Crippen LogP contribution in [0.25, 0.3) is 0 Å². The summed E-state index contributed by atoms with van der Waals surface area (Å²) in [5, 5.41) is 4.40. The van der Waals surface area contributed by atoms with E-state index in [0.29, 0.717) is 0 Å². The smallest absolute Gasteiger partial charge is 0.150 e. The van der Waals surface area contributed by atoms with Crippen molar-refractivity contribution >= 4 is 5.82 Å². The van der Waals surface area contributed by atoms with Crippen LogP contribution in [-0.4, -0.2) is 49.3 Å². The summed E-state index contributed by atoms with van der Waals surface area (Å²) in [6.45, 7) is 1.81. The van der Waals surface area contributed by atoms with E-state index in [1.54, 1.807) is 14.2 Å². The Morgan fingerprint density at radius 1 is 1.31 bits per heavy atom. The van der Waals surface area contributed by atoms with Gasteiger partial charge >= 0.3 is 0 Å². The van der Waals surface area contributed by atoms with Crippen LogP contribution in [0.2, 0.25) is 0 Å². The number of anilines is 1. The number of piperidine rings is 1. The lowest BCUT2D eigenvalue weighted by atomic mass is 10.0. The zero-order valence-corrected chi connectivity index (χ0v) is 10.1. The summed E-state index contributed by atoms with van der Waals surface area (Å²) in [4.78, 5) is 2.24. The first kappa shape index (κ1) is 11.4. The van der Waals surface area contributed by atoms with Crippen molar-refractivity contribution in [3.63, 3.8) is 0 Å². The molecule has 90 valence electrons. The molecule has 2 unspecified atom stereocenters. The summed E-state index contributed by atoms with van der Waals surface area (Å²) in [7, 11) is 5.41. The van der Waals surface area contributed by atoms with Crippen LogP contribution in [0.4, 0.5) is 5.82 Å². The van der Waals surface area contributed by atoms with E-state index in [2.05, 4.69) is 10.00 Å². The first-order chi connectivity index (χ1) is 7.74. The number of aromatic nitrogens is 2. The van der Waals surface area contributed by atoms with Gasteiger partial charge in [-0.1, -0.05) is 0 Å². The molecule has 5 heteroatoms. The highest BCUT2D eigenvalue weighted by Gasteiger charge is 2.29. The Labute approximate surface area is 95.9 Å². The third kappa shape index (κ3) is 2.20. The average Bonchev–Trinajstić information content (AvgIpc) is 2.75. The van der Waals surface area contributed by atoms with Crippen LogP contribution < -0.4 is 4.90 Å². The maximum absolute atomic E-state index is 5.45. The Kier molecular flexibility index (Phi) is 3.46. The van der Waals surface area contributed by atoms with Crippen molar-refractivity contribution in [2.24, 2.45) is 7.05 Å². The molecule has 0 aliphatic carbocycles. The number of hydrogen-bond donors (Lipinski definition) is 0. The van der Waals surface area contributed by atoms with Gasteiger partial charge in [-0.25, -0.2) is 0 Å². The van der Waals surface area contributed by atoms with E-state index in [-0.39, 0.29) is 12.2 Å². The van der Waals surface area contributed by atoms with Gasteiger partial charge in [-0.05, 0) is 6.42 Å². The van der Waals surface area contributed by atoms with Crippen LogP contribution in [-0.2, 0) is 16.5 Å². The molecule has 16 heavy (non-hydrogen) atoms. The van der Waals surface area contributed by atoms with Crippen LogP contribution in [0, 0.1) is 0 Å². The van der Waals surface area contributed by atoms with Crippen molar-refractivity contribution < 1.29 is 9.47 Å². The van der Waals surface area contributed by atoms with E-state index in [9.17, 15) is 0 Å². The Morgan fingerprint density at radius 3 is 2.62 bits per heavy atom. The van der Waals surface area contributed by atoms with Crippen molar-refractivity contribution in [2.75, 3.05) is 32.2 Å². The predicted octanol–water partition coefficient (Wildman–Crippen LogP) is 0.660. The largest absolute Gasteiger partial charge is 0.379 e. The molecule has 0 radical (unpaired) electrons. The third-order valence-electron chi connectivity index (χ3n) is 3.13. The van der Waals surface area contributed by atoms with E-state index in [1.165, 1.54) is 0 Å². The Morgan fingerprint density at radius 2 is 2.06 bits per heavy atom. The van der Waals surface area contributed by atoms with Crippen LogP contribution in [0.5, 0.6) is 0 Å². The second-order valence-corrected chi connectivity index (χ2v) is 4.13. The highest BCUT2D eigenvalue weighted by Crippen LogP contribution is 2.20. The number of ether oxygens (including phenoxy) is 2. The molecular formula is C11H19N3O2. The highest BCUT2D eigenvalue weighted by molar-refractivity contribution is 5.37. The van der Waals surface area contributed by atoms with Crippen LogP contribution in [0.15, 0.2) is 12.3 Å². The van der Waals surface area contributed by atoms with Crippen LogP contribution >= 0.6 is 0 Å². The van der Waals surface area contributed by atoms with Crippen molar-refractivity contribution in [2.45, 2.75) is 18.6 Å². The van der Waals surface area contributed by atoms with Crippen LogP contribution in [0.3, 0.4) is 0 Å². The van der Waals surface area contributed by atoms with Crippen molar-refractivity contribution in [1.82, 2.24) is 9.78 Å². The SMILES string of the molecule is COC1CCN(c2ccn(C)n2)CC1OC. The molecule has 1 aliphatic rings. The fourth-order valence-electron chi connectivity index (χ4n) is 2.17. The van der Waals surface area contributed by atoms with E-state index >= 15 is 0 Å². The minimum Gasteiger partial charge on any atom is -0.379 e. The third-order valence-corrected chi connectivity index (χ3v) is 3.13. The summed E-state index contributed by atoms with van der Waals surface area (Å²) in [5.41, 5.74) is 0. The highest BCUT2D eigenvalue weighted by atomic mass is 16.5. The fourth-order valence-corrected chi connectivity index (χ4v) is 2.17. The minimum absolute atomic E-state index is 0.126. The summed E-state index contributed by atoms with van der Waals surface area (Å²) in [6, 6.07) is 2.03. The average molecular weight is 225 g/mol. The molecule has 2 heterocycles. The van der Waals surface area contributed by atoms with E-state index in [1.807, 2.05) is 24.0 Å². The number of nitrogens with zero attached hydrogens (tertiary/aromatic N) is 3. The fraction of sp³-hybridized carbons (Fsp3) is 0.727. The van der Waals surface area contributed by atoms with Gasteiger partial charge in [0.15, 0.2) is 5.82 Å². The lowest BCUT2D eigenvalue weighted by Gasteiger charge is -2.37. The summed E-state index contributed by atoms with van der Waals surface area (Å²) >= 11 is 0. The molecule has 1 aliphatic heterocycles. The van der Waals surface area contributed by atoms with Gasteiger partial charge in [0.1, 0.15) is 6.10 Å². The molecule has 0 spiro atoms. The molecule has 0 aromatic carbocycles. The molecular weight excluding hydrogens is 206 g/mol. The van der Waals surface area contributed by atoms with Gasteiger partial charge < -0.3 is 14.4 Å². The molecule has 1 saturated heterocycles. The monoisotopic (exact) mass is 225 g/mol. The molecule has 5 nitrogen and oxygen atoms in total. The van der Waals surface area contributed by atoms with Gasteiger partial charge in [0.05, 0.1) is 6.10 Å². The Bertz CT molecular complexity index is 340. The summed E-state index contributed by atoms with van der Waals surface area (Å²) in [6.07, 6.45) is 3.26. The normalized spacial score (nSPS) is 26.1. The topological polar surface area (TPSA) is 39.5 Å². The van der Waals surface area contributed by atoms with Gasteiger partial charge in [-0.15, -0.1) is 0 Å². The summed E-state index contributed by atoms with van der Waals surface area (Å²) < 4.78 is 12.7. The quantitative estimate of drug-likeness (QED) is 0.757. The molecule has 0 N–H and O–H groups in total. The zero-order valence-electron chi connectivity index (χ0n) is 10.1. The maximum Gasteiger partial charge on any atom is 0.150 e. The van der Waals surface area contributed by atoms with E-state index in [0.717, 1.165) is 25.3 Å². The van der Waals surface area contributed by atoms with Crippen molar-refractivity contribution in [3.8, 4) is 0 Å². The molecule has 0 saturated carbocycles. The minimum atomic E-state index is 0.126. The van der Waals surface area contributed by atoms with Gasteiger partial charge in [-0.3, -0.25) is 4.68 Å². The van der Waals surface area contributed by atoms with Crippen molar-refractivity contribution in [3.05, 3.63) is 12.3 Å². The zero-order chi connectivity index (χ0) is 11.5. The number of rotatable bonds is 3. The van der Waals surface area contributed by atoms with E-state index < -0.39 is 0 Å². The molecule has 2 atom stereocenters. The molecule has 0 bridgehead atoms. The van der Waals surface area contributed by atoms with Gasteiger partial charge in [0.2, 0.25) is 0 Å². The molecule has 2 rings (SSSR count). The van der Waals surface area contributed by atoms with E-state index in [4.69, 9.17) is 9.47 Å². The summed E-state index contributed by atoms with van der Waals surface area (Å²) in [5.74, 6) is 1.01. The second kappa shape index (κ2) is 4.84. The standard InChI is InChI=1S/C11H19N3O2/c1-13-6-5-11(12-13)14-7-4-9(15-2)10(8-14)16-3/h5-6,9-10H,4,7-8H2,1-3H3. The molecule has 1 aromatic rings. The number of hydrogen-bond acceptors (Lipinski definition) is 4. The number of aryl methyl sites for hydroxylation is 1. The lowest BCUT2D eigenvalue weighted by molar-refractivity contribution is -0.0442. The number of methoxy groups -OCH3 is 2. The maximum atomic E-state index is 5.45. The van der Waals surface area contributed by atoms with Gasteiger partial charge in [-0.2, -0.15) is 5.10 Å². The van der Waals surface area contributed by atoms with Gasteiger partial charge in [0, 0.05) is 46.6 Å². The Balaban J connectivity index is 2.04. The first-order valence-corrected chi connectivity index (χ1v) is 5.54. The second-order valence-electron chi connectivity index (χ2n) is 4.13. The van der Waals surface area contributed by atoms with Crippen molar-refractivity contribution in [1.29, 1.82) is 0 Å². The Hall–Kier alpha value is -1.07. The van der Waals surface area contributed by atoms with Gasteiger partial charge in [0.25, 0.3) is 0 Å². The first-order valence-electron chi connectivity index (χ1n) is 5.54. The molecule has 1 aromatic heterocycles. The predicted molar refractivity (Wildman–Crippen MR) is 61.6 cm³/mol.